The van der Waals surface area contributed by atoms with Crippen LogP contribution in [-0.2, 0) is 11.2 Å². The van der Waals surface area contributed by atoms with Crippen LogP contribution in [0.2, 0.25) is 0 Å². The van der Waals surface area contributed by atoms with Crippen molar-refractivity contribution in [2.75, 3.05) is 24.6 Å². The van der Waals surface area contributed by atoms with E-state index in [0.717, 1.165) is 69.6 Å². The van der Waals surface area contributed by atoms with Gasteiger partial charge in [-0.15, -0.1) is 0 Å². The van der Waals surface area contributed by atoms with Crippen molar-refractivity contribution in [1.29, 1.82) is 10.8 Å². The van der Waals surface area contributed by atoms with Gasteiger partial charge < -0.3 is 18.9 Å². The Kier molecular flexibility index (Phi) is 8.73. The molecular weight excluding hydrogens is 432 g/mol. The second-order valence-electron chi connectivity index (χ2n) is 8.13. The Labute approximate surface area is 192 Å². The molecule has 2 aromatic rings. The van der Waals surface area contributed by atoms with E-state index in [4.69, 9.17) is 24.8 Å². The minimum atomic E-state index is -0.950. The van der Waals surface area contributed by atoms with Crippen molar-refractivity contribution < 1.29 is 22.8 Å². The zero-order valence-corrected chi connectivity index (χ0v) is 19.1. The van der Waals surface area contributed by atoms with Crippen LogP contribution in [0.4, 0.5) is 14.8 Å². The predicted molar refractivity (Wildman–Crippen MR) is 120 cm³/mol. The van der Waals surface area contributed by atoms with Crippen LogP contribution in [0.1, 0.15) is 63.8 Å². The number of hydrogen-bond acceptors (Lipinski definition) is 8. The standard InChI is InChI=1S/C23H31F2N5O3/c1-3-6-20-28-23(33-29-20)30-10-8-15(9-11-30)7-5-12-31-16-13-17(24)21(18(25)14-16)22(27)32-19(26)4-2/h13-15,26-27H,3-12H2,1-2H3. The van der Waals surface area contributed by atoms with Crippen molar-refractivity contribution in [3.8, 4) is 5.75 Å². The van der Waals surface area contributed by atoms with Crippen molar-refractivity contribution in [2.24, 2.45) is 5.92 Å². The number of nitrogens with one attached hydrogen (secondary N) is 2. The second-order valence-corrected chi connectivity index (χ2v) is 8.13. The molecule has 1 aromatic heterocycles. The van der Waals surface area contributed by atoms with E-state index in [9.17, 15) is 8.78 Å². The molecule has 0 radical (unpaired) electrons. The Morgan fingerprint density at radius 1 is 1.18 bits per heavy atom. The predicted octanol–water partition coefficient (Wildman–Crippen LogP) is 5.11. The molecule has 1 aliphatic rings. The van der Waals surface area contributed by atoms with Gasteiger partial charge in [0.25, 0.3) is 0 Å². The summed E-state index contributed by atoms with van der Waals surface area (Å²) in [5, 5.41) is 19.1. The van der Waals surface area contributed by atoms with Gasteiger partial charge in [-0.25, -0.2) is 8.78 Å². The summed E-state index contributed by atoms with van der Waals surface area (Å²) in [6.07, 6.45) is 5.77. The Balaban J connectivity index is 1.41. The van der Waals surface area contributed by atoms with E-state index in [1.54, 1.807) is 6.92 Å². The average Bonchev–Trinajstić information content (AvgIpc) is 3.25. The van der Waals surface area contributed by atoms with Crippen LogP contribution in [0.25, 0.3) is 0 Å². The lowest BCUT2D eigenvalue weighted by Gasteiger charge is -2.30. The van der Waals surface area contributed by atoms with Gasteiger partial charge in [0.15, 0.2) is 11.7 Å². The van der Waals surface area contributed by atoms with Gasteiger partial charge in [0.1, 0.15) is 22.9 Å². The van der Waals surface area contributed by atoms with Gasteiger partial charge >= 0.3 is 6.01 Å². The SMILES string of the molecule is CCCc1noc(N2CCC(CCCOc3cc(F)c(C(=N)OC(=N)CC)c(F)c3)CC2)n1. The molecule has 0 atom stereocenters. The zero-order valence-electron chi connectivity index (χ0n) is 19.1. The number of piperidine rings is 1. The molecule has 2 heterocycles. The highest BCUT2D eigenvalue weighted by Gasteiger charge is 2.23. The molecular formula is C23H31F2N5O3. The maximum absolute atomic E-state index is 14.3. The largest absolute Gasteiger partial charge is 0.493 e. The summed E-state index contributed by atoms with van der Waals surface area (Å²) in [7, 11) is 0. The molecule has 1 fully saturated rings. The first-order valence-corrected chi connectivity index (χ1v) is 11.4. The highest BCUT2D eigenvalue weighted by atomic mass is 19.1. The van der Waals surface area contributed by atoms with Crippen LogP contribution in [0, 0.1) is 28.4 Å². The molecule has 0 aliphatic carbocycles. The Morgan fingerprint density at radius 3 is 2.52 bits per heavy atom. The van der Waals surface area contributed by atoms with Gasteiger partial charge in [0.05, 0.1) is 6.61 Å². The lowest BCUT2D eigenvalue weighted by atomic mass is 9.92. The van der Waals surface area contributed by atoms with E-state index in [1.165, 1.54) is 0 Å². The molecule has 33 heavy (non-hydrogen) atoms. The number of halogens is 2. The first-order chi connectivity index (χ1) is 15.9. The molecule has 2 N–H and O–H groups in total. The van der Waals surface area contributed by atoms with Crippen molar-refractivity contribution in [3.05, 3.63) is 35.2 Å². The summed E-state index contributed by atoms with van der Waals surface area (Å²) in [5.41, 5.74) is -0.602. The van der Waals surface area contributed by atoms with Crippen LogP contribution in [0.5, 0.6) is 5.75 Å². The average molecular weight is 464 g/mol. The molecule has 0 bridgehead atoms. The monoisotopic (exact) mass is 463 g/mol. The third-order valence-electron chi connectivity index (χ3n) is 5.63. The number of ether oxygens (including phenoxy) is 2. The van der Waals surface area contributed by atoms with Crippen molar-refractivity contribution >= 4 is 17.8 Å². The van der Waals surface area contributed by atoms with Gasteiger partial charge in [-0.1, -0.05) is 19.0 Å². The smallest absolute Gasteiger partial charge is 0.324 e. The molecule has 0 amide bonds. The van der Waals surface area contributed by atoms with E-state index in [-0.39, 0.29) is 18.1 Å². The van der Waals surface area contributed by atoms with Crippen LogP contribution in [-0.4, -0.2) is 41.6 Å². The normalized spacial score (nSPS) is 14.4. The van der Waals surface area contributed by atoms with E-state index in [0.29, 0.717) is 18.5 Å². The second kappa shape index (κ2) is 11.7. The Hall–Kier alpha value is -3.04. The molecule has 3 rings (SSSR count). The van der Waals surface area contributed by atoms with E-state index in [1.807, 2.05) is 0 Å². The molecule has 10 heteroatoms. The first kappa shape index (κ1) is 24.6. The maximum Gasteiger partial charge on any atom is 0.324 e. The van der Waals surface area contributed by atoms with E-state index >= 15 is 0 Å². The van der Waals surface area contributed by atoms with Gasteiger partial charge in [0.2, 0.25) is 5.90 Å². The quantitative estimate of drug-likeness (QED) is 0.288. The summed E-state index contributed by atoms with van der Waals surface area (Å²) in [4.78, 5) is 6.56. The molecule has 0 spiro atoms. The lowest BCUT2D eigenvalue weighted by Crippen LogP contribution is -2.34. The van der Waals surface area contributed by atoms with Crippen LogP contribution in [0.3, 0.4) is 0 Å². The third kappa shape index (κ3) is 6.72. The molecule has 1 saturated heterocycles. The molecule has 8 nitrogen and oxygen atoms in total. The number of rotatable bonds is 10. The van der Waals surface area contributed by atoms with Gasteiger partial charge in [0, 0.05) is 38.1 Å². The fourth-order valence-corrected chi connectivity index (χ4v) is 3.77. The number of hydrogen-bond donors (Lipinski definition) is 2. The highest BCUT2D eigenvalue weighted by molar-refractivity contribution is 5.99. The molecule has 0 saturated carbocycles. The molecule has 1 aromatic carbocycles. The zero-order chi connectivity index (χ0) is 23.8. The van der Waals surface area contributed by atoms with Crippen molar-refractivity contribution in [3.63, 3.8) is 0 Å². The fraction of sp³-hybridized carbons (Fsp3) is 0.565. The van der Waals surface area contributed by atoms with Crippen molar-refractivity contribution in [2.45, 2.75) is 58.8 Å². The van der Waals surface area contributed by atoms with Crippen LogP contribution < -0.4 is 9.64 Å². The van der Waals surface area contributed by atoms with Crippen LogP contribution >= 0.6 is 0 Å². The van der Waals surface area contributed by atoms with Gasteiger partial charge in [-0.3, -0.25) is 10.8 Å². The minimum Gasteiger partial charge on any atom is -0.493 e. The molecule has 1 aliphatic heterocycles. The number of benzene rings is 1. The summed E-state index contributed by atoms with van der Waals surface area (Å²) >= 11 is 0. The highest BCUT2D eigenvalue weighted by Crippen LogP contribution is 2.26. The summed E-state index contributed by atoms with van der Waals surface area (Å²) < 4.78 is 44.3. The van der Waals surface area contributed by atoms with Crippen molar-refractivity contribution in [1.82, 2.24) is 10.1 Å². The summed E-state index contributed by atoms with van der Waals surface area (Å²) in [6, 6.07) is 2.68. The minimum absolute atomic E-state index is 0.0706. The number of nitrogens with zero attached hydrogens (tertiary/aromatic N) is 3. The summed E-state index contributed by atoms with van der Waals surface area (Å²) in [6.45, 7) is 5.80. The molecule has 0 unspecified atom stereocenters. The third-order valence-corrected chi connectivity index (χ3v) is 5.63. The topological polar surface area (TPSA) is 108 Å². The van der Waals surface area contributed by atoms with Gasteiger partial charge in [-0.2, -0.15) is 4.98 Å². The van der Waals surface area contributed by atoms with Gasteiger partial charge in [-0.05, 0) is 38.0 Å². The number of anilines is 1. The number of aryl methyl sites for hydroxylation is 1. The first-order valence-electron chi connectivity index (χ1n) is 11.4. The molecule has 180 valence electrons. The van der Waals surface area contributed by atoms with E-state index < -0.39 is 23.1 Å². The van der Waals surface area contributed by atoms with Crippen LogP contribution in [0.15, 0.2) is 16.7 Å². The fourth-order valence-electron chi connectivity index (χ4n) is 3.77. The maximum atomic E-state index is 14.3. The number of aromatic nitrogens is 2. The Morgan fingerprint density at radius 2 is 1.88 bits per heavy atom. The Bertz CT molecular complexity index is 934. The lowest BCUT2D eigenvalue weighted by molar-refractivity contribution is 0.274. The summed E-state index contributed by atoms with van der Waals surface area (Å²) in [5.74, 6) is -1.49. The van der Waals surface area contributed by atoms with E-state index in [2.05, 4.69) is 22.0 Å².